The highest BCUT2D eigenvalue weighted by Gasteiger charge is 2.31. The van der Waals surface area contributed by atoms with Gasteiger partial charge in [0.05, 0.1) is 17.6 Å². The van der Waals surface area contributed by atoms with Crippen LogP contribution in [0.25, 0.3) is 5.69 Å². The zero-order valence-corrected chi connectivity index (χ0v) is 12.4. The van der Waals surface area contributed by atoms with E-state index >= 15 is 0 Å². The van der Waals surface area contributed by atoms with Gasteiger partial charge in [-0.25, -0.2) is 4.98 Å². The summed E-state index contributed by atoms with van der Waals surface area (Å²) in [6, 6.07) is 3.43. The molecule has 22 heavy (non-hydrogen) atoms. The summed E-state index contributed by atoms with van der Waals surface area (Å²) in [5.74, 6) is -0.666. The van der Waals surface area contributed by atoms with E-state index < -0.39 is 11.7 Å². The van der Waals surface area contributed by atoms with Gasteiger partial charge in [0, 0.05) is 23.5 Å². The van der Waals surface area contributed by atoms with Crippen molar-refractivity contribution in [3.05, 3.63) is 42.0 Å². The zero-order valence-electron chi connectivity index (χ0n) is 12.4. The van der Waals surface area contributed by atoms with E-state index in [9.17, 15) is 18.0 Å². The van der Waals surface area contributed by atoms with Gasteiger partial charge in [-0.2, -0.15) is 13.2 Å². The molecule has 0 saturated carbocycles. The monoisotopic (exact) mass is 311 g/mol. The second-order valence-electron chi connectivity index (χ2n) is 5.33. The van der Waals surface area contributed by atoms with Crippen molar-refractivity contribution in [2.75, 3.05) is 5.32 Å². The number of imidazole rings is 1. The Bertz CT molecular complexity index is 690. The molecule has 1 amide bonds. The molecule has 0 aliphatic carbocycles. The summed E-state index contributed by atoms with van der Waals surface area (Å²) in [6.07, 6.45) is -1.45. The number of carbonyl (C=O) groups excluding carboxylic acids is 1. The molecule has 0 saturated heterocycles. The molecule has 1 aromatic heterocycles. The van der Waals surface area contributed by atoms with Gasteiger partial charge in [-0.05, 0) is 25.1 Å². The number of amides is 1. The lowest BCUT2D eigenvalue weighted by molar-refractivity contribution is -0.137. The van der Waals surface area contributed by atoms with E-state index in [2.05, 4.69) is 10.3 Å². The quantitative estimate of drug-likeness (QED) is 0.937. The van der Waals surface area contributed by atoms with Crippen LogP contribution in [-0.2, 0) is 11.0 Å². The number of nitrogens with zero attached hydrogens (tertiary/aromatic N) is 2. The van der Waals surface area contributed by atoms with Gasteiger partial charge in [-0.1, -0.05) is 13.8 Å². The first-order valence-corrected chi connectivity index (χ1v) is 6.71. The van der Waals surface area contributed by atoms with Crippen LogP contribution in [0.2, 0.25) is 0 Å². The molecule has 0 aliphatic rings. The fraction of sp³-hybridized carbons (Fsp3) is 0.333. The Morgan fingerprint density at radius 3 is 2.45 bits per heavy atom. The minimum absolute atomic E-state index is 0.106. The maximum absolute atomic E-state index is 13.0. The van der Waals surface area contributed by atoms with Crippen LogP contribution >= 0.6 is 0 Å². The molecule has 0 bridgehead atoms. The number of nitrogens with one attached hydrogen (secondary N) is 1. The SMILES string of the molecule is Cc1cn(-c2cc(NC(=O)C(C)C)cc(C(F)(F)F)c2)cn1. The third-order valence-corrected chi connectivity index (χ3v) is 3.05. The highest BCUT2D eigenvalue weighted by Crippen LogP contribution is 2.33. The molecule has 2 rings (SSSR count). The Kier molecular flexibility index (Phi) is 4.25. The van der Waals surface area contributed by atoms with Crippen LogP contribution in [0.4, 0.5) is 18.9 Å². The first-order chi connectivity index (χ1) is 10.2. The van der Waals surface area contributed by atoms with Crippen LogP contribution < -0.4 is 5.32 Å². The average Bonchev–Trinajstić information content (AvgIpc) is 2.84. The molecule has 4 nitrogen and oxygen atoms in total. The Morgan fingerprint density at radius 1 is 1.27 bits per heavy atom. The predicted octanol–water partition coefficient (Wildman–Crippen LogP) is 3.79. The van der Waals surface area contributed by atoms with Crippen molar-refractivity contribution in [3.63, 3.8) is 0 Å². The molecule has 0 atom stereocenters. The molecule has 7 heteroatoms. The predicted molar refractivity (Wildman–Crippen MR) is 76.8 cm³/mol. The van der Waals surface area contributed by atoms with Gasteiger partial charge in [0.15, 0.2) is 0 Å². The van der Waals surface area contributed by atoms with Crippen LogP contribution in [0.1, 0.15) is 25.1 Å². The average molecular weight is 311 g/mol. The van der Waals surface area contributed by atoms with Gasteiger partial charge in [0.25, 0.3) is 0 Å². The lowest BCUT2D eigenvalue weighted by Gasteiger charge is -2.14. The van der Waals surface area contributed by atoms with E-state index in [1.54, 1.807) is 27.0 Å². The summed E-state index contributed by atoms with van der Waals surface area (Å²) in [6.45, 7) is 5.08. The second kappa shape index (κ2) is 5.82. The lowest BCUT2D eigenvalue weighted by atomic mass is 10.1. The topological polar surface area (TPSA) is 46.9 Å². The number of aromatic nitrogens is 2. The van der Waals surface area contributed by atoms with E-state index in [-0.39, 0.29) is 23.2 Å². The van der Waals surface area contributed by atoms with Crippen molar-refractivity contribution < 1.29 is 18.0 Å². The number of carbonyl (C=O) groups is 1. The maximum Gasteiger partial charge on any atom is 0.416 e. The molecule has 2 aromatic rings. The van der Waals surface area contributed by atoms with Crippen molar-refractivity contribution >= 4 is 11.6 Å². The largest absolute Gasteiger partial charge is 0.416 e. The molecule has 1 N–H and O–H groups in total. The number of hydrogen-bond donors (Lipinski definition) is 1. The number of benzene rings is 1. The van der Waals surface area contributed by atoms with Crippen molar-refractivity contribution in [2.24, 2.45) is 5.92 Å². The molecule has 0 aliphatic heterocycles. The summed E-state index contributed by atoms with van der Waals surface area (Å²) >= 11 is 0. The fourth-order valence-electron chi connectivity index (χ4n) is 1.85. The fourth-order valence-corrected chi connectivity index (χ4v) is 1.85. The number of anilines is 1. The maximum atomic E-state index is 13.0. The summed E-state index contributed by atoms with van der Waals surface area (Å²) in [5.41, 5.74) is 0.255. The van der Waals surface area contributed by atoms with Crippen LogP contribution in [0.3, 0.4) is 0 Å². The van der Waals surface area contributed by atoms with E-state index in [0.717, 1.165) is 12.1 Å². The first-order valence-electron chi connectivity index (χ1n) is 6.71. The van der Waals surface area contributed by atoms with Gasteiger partial charge in [0.2, 0.25) is 5.91 Å². The van der Waals surface area contributed by atoms with Gasteiger partial charge >= 0.3 is 6.18 Å². The van der Waals surface area contributed by atoms with Crippen LogP contribution in [0.5, 0.6) is 0 Å². The van der Waals surface area contributed by atoms with Crippen molar-refractivity contribution in [1.29, 1.82) is 0 Å². The van der Waals surface area contributed by atoms with Crippen molar-refractivity contribution in [3.8, 4) is 5.69 Å². The Labute approximate surface area is 126 Å². The Balaban J connectivity index is 2.48. The molecule has 0 radical (unpaired) electrons. The second-order valence-corrected chi connectivity index (χ2v) is 5.33. The van der Waals surface area contributed by atoms with E-state index in [1.165, 1.54) is 17.0 Å². The molecule has 1 heterocycles. The molecular formula is C15H16F3N3O. The highest BCUT2D eigenvalue weighted by atomic mass is 19.4. The minimum atomic E-state index is -4.50. The van der Waals surface area contributed by atoms with Crippen molar-refractivity contribution in [2.45, 2.75) is 26.9 Å². The highest BCUT2D eigenvalue weighted by molar-refractivity contribution is 5.92. The molecule has 0 spiro atoms. The molecule has 1 aromatic carbocycles. The molecular weight excluding hydrogens is 295 g/mol. The van der Waals surface area contributed by atoms with Gasteiger partial charge in [-0.3, -0.25) is 4.79 Å². The zero-order chi connectivity index (χ0) is 16.5. The molecule has 118 valence electrons. The number of aryl methyl sites for hydroxylation is 1. The van der Waals surface area contributed by atoms with Crippen molar-refractivity contribution in [1.82, 2.24) is 9.55 Å². The number of alkyl halides is 3. The minimum Gasteiger partial charge on any atom is -0.326 e. The van der Waals surface area contributed by atoms with Gasteiger partial charge < -0.3 is 9.88 Å². The Morgan fingerprint density at radius 2 is 1.95 bits per heavy atom. The summed E-state index contributed by atoms with van der Waals surface area (Å²) in [7, 11) is 0. The third kappa shape index (κ3) is 3.66. The summed E-state index contributed by atoms with van der Waals surface area (Å²) in [4.78, 5) is 15.7. The molecule has 0 unspecified atom stereocenters. The summed E-state index contributed by atoms with van der Waals surface area (Å²) in [5, 5.41) is 2.50. The lowest BCUT2D eigenvalue weighted by Crippen LogP contribution is -2.18. The van der Waals surface area contributed by atoms with Crippen LogP contribution in [0, 0.1) is 12.8 Å². The van der Waals surface area contributed by atoms with Gasteiger partial charge in [-0.15, -0.1) is 0 Å². The van der Waals surface area contributed by atoms with Gasteiger partial charge in [0.1, 0.15) is 0 Å². The Hall–Kier alpha value is -2.31. The molecule has 0 fully saturated rings. The third-order valence-electron chi connectivity index (χ3n) is 3.05. The van der Waals surface area contributed by atoms with E-state index in [1.807, 2.05) is 0 Å². The summed E-state index contributed by atoms with van der Waals surface area (Å²) < 4.78 is 40.6. The number of hydrogen-bond acceptors (Lipinski definition) is 2. The van der Waals surface area contributed by atoms with Crippen LogP contribution in [0.15, 0.2) is 30.7 Å². The van der Waals surface area contributed by atoms with E-state index in [4.69, 9.17) is 0 Å². The standard InChI is InChI=1S/C15H16F3N3O/c1-9(2)14(22)20-12-4-11(15(16,17)18)5-13(6-12)21-7-10(3)19-8-21/h4-9H,1-3H3,(H,20,22). The smallest absolute Gasteiger partial charge is 0.326 e. The van der Waals surface area contributed by atoms with E-state index in [0.29, 0.717) is 5.69 Å². The van der Waals surface area contributed by atoms with Crippen LogP contribution in [-0.4, -0.2) is 15.5 Å². The normalized spacial score (nSPS) is 11.8. The number of rotatable bonds is 3. The number of halogens is 3. The first kappa shape index (κ1) is 16.1.